The second-order valence-electron chi connectivity index (χ2n) is 12.7. The SMILES string of the molecule is CCCCCCOCOCCCCCCN(CCCCCCOCOCCCCCC)CCCN(CC)CCCCCC(=O)O. The van der Waals surface area contributed by atoms with E-state index in [0.29, 0.717) is 20.0 Å². The fraction of sp³-hybridized carbons (Fsp3) is 0.973. The van der Waals surface area contributed by atoms with Gasteiger partial charge in [0, 0.05) is 32.8 Å². The molecular formula is C37H76N2O6. The Morgan fingerprint density at radius 3 is 1.22 bits per heavy atom. The molecule has 0 heterocycles. The molecule has 0 fully saturated rings. The van der Waals surface area contributed by atoms with Gasteiger partial charge in [0.1, 0.15) is 13.6 Å². The molecule has 0 aromatic carbocycles. The molecular weight excluding hydrogens is 568 g/mol. The van der Waals surface area contributed by atoms with E-state index in [2.05, 4.69) is 30.6 Å². The van der Waals surface area contributed by atoms with Crippen molar-refractivity contribution in [1.29, 1.82) is 0 Å². The quantitative estimate of drug-likeness (QED) is 0.0525. The van der Waals surface area contributed by atoms with Gasteiger partial charge in [-0.1, -0.05) is 91.4 Å². The minimum Gasteiger partial charge on any atom is -0.481 e. The van der Waals surface area contributed by atoms with Gasteiger partial charge in [-0.3, -0.25) is 4.79 Å². The maximum absolute atomic E-state index is 10.7. The Labute approximate surface area is 279 Å². The highest BCUT2D eigenvalue weighted by Crippen LogP contribution is 2.09. The van der Waals surface area contributed by atoms with Gasteiger partial charge >= 0.3 is 5.97 Å². The van der Waals surface area contributed by atoms with E-state index < -0.39 is 5.97 Å². The number of aliphatic carboxylic acids is 1. The number of carboxylic acids is 1. The predicted octanol–water partition coefficient (Wildman–Crippen LogP) is 8.91. The largest absolute Gasteiger partial charge is 0.481 e. The number of ether oxygens (including phenoxy) is 4. The van der Waals surface area contributed by atoms with Crippen LogP contribution in [0.2, 0.25) is 0 Å². The van der Waals surface area contributed by atoms with E-state index >= 15 is 0 Å². The average Bonchev–Trinajstić information content (AvgIpc) is 3.03. The Balaban J connectivity index is 4.12. The summed E-state index contributed by atoms with van der Waals surface area (Å²) >= 11 is 0. The summed E-state index contributed by atoms with van der Waals surface area (Å²) in [4.78, 5) is 16.0. The molecule has 0 aliphatic rings. The summed E-state index contributed by atoms with van der Waals surface area (Å²) in [6.07, 6.45) is 24.0. The van der Waals surface area contributed by atoms with Crippen molar-refractivity contribution < 1.29 is 28.8 Å². The normalized spacial score (nSPS) is 11.8. The number of rotatable bonds is 39. The molecule has 1 N–H and O–H groups in total. The first-order valence-corrected chi connectivity index (χ1v) is 19.1. The second kappa shape index (κ2) is 37.7. The zero-order chi connectivity index (χ0) is 32.9. The van der Waals surface area contributed by atoms with Gasteiger partial charge in [0.05, 0.1) is 0 Å². The Hall–Kier alpha value is -0.770. The molecule has 0 saturated heterocycles. The molecule has 0 aliphatic carbocycles. The van der Waals surface area contributed by atoms with Crippen LogP contribution in [-0.2, 0) is 23.7 Å². The molecule has 0 saturated carbocycles. The van der Waals surface area contributed by atoms with E-state index in [9.17, 15) is 4.79 Å². The third-order valence-corrected chi connectivity index (χ3v) is 8.40. The molecule has 8 heteroatoms. The summed E-state index contributed by atoms with van der Waals surface area (Å²) in [7, 11) is 0. The lowest BCUT2D eigenvalue weighted by Crippen LogP contribution is -2.32. The summed E-state index contributed by atoms with van der Waals surface area (Å²) in [6.45, 7) is 17.6. The Morgan fingerprint density at radius 2 is 0.800 bits per heavy atom. The predicted molar refractivity (Wildman–Crippen MR) is 188 cm³/mol. The molecule has 0 aliphatic heterocycles. The molecule has 8 nitrogen and oxygen atoms in total. The Morgan fingerprint density at radius 1 is 0.444 bits per heavy atom. The van der Waals surface area contributed by atoms with Crippen molar-refractivity contribution in [3.05, 3.63) is 0 Å². The van der Waals surface area contributed by atoms with Gasteiger partial charge in [-0.25, -0.2) is 0 Å². The molecule has 0 radical (unpaired) electrons. The third-order valence-electron chi connectivity index (χ3n) is 8.40. The second-order valence-corrected chi connectivity index (χ2v) is 12.7. The van der Waals surface area contributed by atoms with Crippen molar-refractivity contribution in [1.82, 2.24) is 9.80 Å². The van der Waals surface area contributed by atoms with Crippen molar-refractivity contribution in [3.63, 3.8) is 0 Å². The van der Waals surface area contributed by atoms with E-state index in [1.807, 2.05) is 0 Å². The van der Waals surface area contributed by atoms with Gasteiger partial charge in [-0.15, -0.1) is 0 Å². The highest BCUT2D eigenvalue weighted by Gasteiger charge is 2.08. The van der Waals surface area contributed by atoms with Crippen LogP contribution in [0.25, 0.3) is 0 Å². The van der Waals surface area contributed by atoms with Crippen LogP contribution in [0.4, 0.5) is 0 Å². The van der Waals surface area contributed by atoms with Crippen molar-refractivity contribution in [2.24, 2.45) is 0 Å². The number of hydrogen-bond donors (Lipinski definition) is 1. The third kappa shape index (κ3) is 35.9. The number of unbranched alkanes of at least 4 members (excludes halogenated alkanes) is 14. The van der Waals surface area contributed by atoms with Gasteiger partial charge in [0.2, 0.25) is 0 Å². The van der Waals surface area contributed by atoms with E-state index in [4.69, 9.17) is 24.1 Å². The van der Waals surface area contributed by atoms with E-state index in [0.717, 1.165) is 97.6 Å². The monoisotopic (exact) mass is 645 g/mol. The lowest BCUT2D eigenvalue weighted by atomic mass is 10.1. The maximum atomic E-state index is 10.7. The smallest absolute Gasteiger partial charge is 0.303 e. The first-order chi connectivity index (χ1) is 22.1. The molecule has 270 valence electrons. The van der Waals surface area contributed by atoms with E-state index in [-0.39, 0.29) is 0 Å². The van der Waals surface area contributed by atoms with Crippen LogP contribution in [0.3, 0.4) is 0 Å². The molecule has 0 aromatic heterocycles. The standard InChI is InChI=1S/C37H76N2O6/c1-4-7-9-20-31-42-35-44-33-22-13-11-17-27-39(30-24-29-38(6-3)26-19-15-16-25-37(40)41)28-18-12-14-23-34-45-36-43-32-21-10-8-5-2/h4-36H2,1-3H3,(H,40,41). The van der Waals surface area contributed by atoms with Crippen molar-refractivity contribution >= 4 is 5.97 Å². The Kier molecular flexibility index (Phi) is 37.0. The van der Waals surface area contributed by atoms with Crippen LogP contribution in [0.15, 0.2) is 0 Å². The summed E-state index contributed by atoms with van der Waals surface area (Å²) in [5.74, 6) is -0.680. The Bertz CT molecular complexity index is 553. The van der Waals surface area contributed by atoms with E-state index in [1.165, 1.54) is 96.6 Å². The summed E-state index contributed by atoms with van der Waals surface area (Å²) in [6, 6.07) is 0. The van der Waals surface area contributed by atoms with Gasteiger partial charge in [0.25, 0.3) is 0 Å². The number of nitrogens with zero attached hydrogens (tertiary/aromatic N) is 2. The highest BCUT2D eigenvalue weighted by atomic mass is 16.7. The first kappa shape index (κ1) is 44.2. The fourth-order valence-corrected chi connectivity index (χ4v) is 5.47. The van der Waals surface area contributed by atoms with Crippen LogP contribution >= 0.6 is 0 Å². The molecule has 0 amide bonds. The minimum absolute atomic E-state index is 0.294. The number of hydrogen-bond acceptors (Lipinski definition) is 7. The summed E-state index contributed by atoms with van der Waals surface area (Å²) in [5, 5.41) is 8.84. The highest BCUT2D eigenvalue weighted by molar-refractivity contribution is 5.66. The van der Waals surface area contributed by atoms with Gasteiger partial charge in [-0.2, -0.15) is 0 Å². The molecule has 0 unspecified atom stereocenters. The molecule has 0 spiro atoms. The molecule has 0 rings (SSSR count). The van der Waals surface area contributed by atoms with Crippen molar-refractivity contribution in [2.75, 3.05) is 79.3 Å². The van der Waals surface area contributed by atoms with Crippen LogP contribution in [0, 0.1) is 0 Å². The molecule has 0 atom stereocenters. The summed E-state index contributed by atoms with van der Waals surface area (Å²) in [5.41, 5.74) is 0. The average molecular weight is 645 g/mol. The minimum atomic E-state index is -0.680. The zero-order valence-corrected chi connectivity index (χ0v) is 30.2. The van der Waals surface area contributed by atoms with Crippen LogP contribution in [0.1, 0.15) is 156 Å². The van der Waals surface area contributed by atoms with Gasteiger partial charge < -0.3 is 33.9 Å². The lowest BCUT2D eigenvalue weighted by molar-refractivity contribution is -0.137. The molecule has 0 aromatic rings. The lowest BCUT2D eigenvalue weighted by Gasteiger charge is -2.25. The summed E-state index contributed by atoms with van der Waals surface area (Å²) < 4.78 is 22.5. The van der Waals surface area contributed by atoms with Crippen LogP contribution < -0.4 is 0 Å². The molecule has 45 heavy (non-hydrogen) atoms. The van der Waals surface area contributed by atoms with Crippen LogP contribution in [0.5, 0.6) is 0 Å². The first-order valence-electron chi connectivity index (χ1n) is 19.1. The van der Waals surface area contributed by atoms with Crippen molar-refractivity contribution in [3.8, 4) is 0 Å². The van der Waals surface area contributed by atoms with Gasteiger partial charge in [-0.05, 0) is 97.1 Å². The van der Waals surface area contributed by atoms with Crippen LogP contribution in [-0.4, -0.2) is 100 Å². The number of carboxylic acid groups (broad SMARTS) is 1. The fourth-order valence-electron chi connectivity index (χ4n) is 5.47. The maximum Gasteiger partial charge on any atom is 0.303 e. The van der Waals surface area contributed by atoms with E-state index in [1.54, 1.807) is 0 Å². The zero-order valence-electron chi connectivity index (χ0n) is 30.2. The number of carbonyl (C=O) groups is 1. The molecule has 0 bridgehead atoms. The topological polar surface area (TPSA) is 80.7 Å². The van der Waals surface area contributed by atoms with Gasteiger partial charge in [0.15, 0.2) is 0 Å². The van der Waals surface area contributed by atoms with Crippen molar-refractivity contribution in [2.45, 2.75) is 156 Å².